The fourth-order valence-corrected chi connectivity index (χ4v) is 3.55. The lowest BCUT2D eigenvalue weighted by atomic mass is 10.2. The molecule has 0 atom stereocenters. The van der Waals surface area contributed by atoms with Gasteiger partial charge in [-0.25, -0.2) is 8.42 Å². The molecule has 2 aromatic carbocycles. The smallest absolute Gasteiger partial charge is 0.263 e. The predicted molar refractivity (Wildman–Crippen MR) is 87.1 cm³/mol. The highest BCUT2D eigenvalue weighted by atomic mass is 35.5. The van der Waals surface area contributed by atoms with E-state index in [2.05, 4.69) is 10.0 Å². The minimum Gasteiger partial charge on any atom is -0.355 e. The first-order valence-corrected chi connectivity index (χ1v) is 8.37. The van der Waals surface area contributed by atoms with Gasteiger partial charge in [-0.05, 0) is 42.5 Å². The molecule has 2 N–H and O–H groups in total. The van der Waals surface area contributed by atoms with Crippen LogP contribution in [-0.4, -0.2) is 21.4 Å². The Labute approximate surface area is 138 Å². The highest BCUT2D eigenvalue weighted by molar-refractivity contribution is 7.92. The normalized spacial score (nSPS) is 11.0. The van der Waals surface area contributed by atoms with Gasteiger partial charge >= 0.3 is 0 Å². The van der Waals surface area contributed by atoms with Gasteiger partial charge in [0.2, 0.25) is 0 Å². The molecule has 0 fully saturated rings. The number of carbonyl (C=O) groups is 1. The lowest BCUT2D eigenvalue weighted by molar-refractivity contribution is 0.0963. The first-order valence-electron chi connectivity index (χ1n) is 6.13. The largest absolute Gasteiger partial charge is 0.355 e. The molecule has 1 amide bonds. The van der Waals surface area contributed by atoms with Crippen molar-refractivity contribution in [1.82, 2.24) is 5.32 Å². The Kier molecular flexibility index (Phi) is 4.95. The van der Waals surface area contributed by atoms with Crippen LogP contribution < -0.4 is 10.0 Å². The second kappa shape index (κ2) is 6.56. The minimum atomic E-state index is -3.87. The van der Waals surface area contributed by atoms with Crippen LogP contribution in [0.25, 0.3) is 0 Å². The maximum absolute atomic E-state index is 12.3. The topological polar surface area (TPSA) is 75.3 Å². The van der Waals surface area contributed by atoms with Crippen LogP contribution in [0.15, 0.2) is 47.4 Å². The van der Waals surface area contributed by atoms with Gasteiger partial charge in [0.05, 0.1) is 5.02 Å². The number of halogens is 2. The Morgan fingerprint density at radius 3 is 2.27 bits per heavy atom. The average Bonchev–Trinajstić information content (AvgIpc) is 2.49. The maximum Gasteiger partial charge on any atom is 0.263 e. The molecule has 0 bridgehead atoms. The van der Waals surface area contributed by atoms with E-state index in [1.54, 1.807) is 0 Å². The zero-order valence-electron chi connectivity index (χ0n) is 11.4. The number of nitrogens with one attached hydrogen (secondary N) is 2. The number of anilines is 1. The van der Waals surface area contributed by atoms with Gasteiger partial charge in [-0.2, -0.15) is 0 Å². The van der Waals surface area contributed by atoms with Crippen LogP contribution in [0.4, 0.5) is 5.69 Å². The van der Waals surface area contributed by atoms with Crippen molar-refractivity contribution in [2.45, 2.75) is 4.90 Å². The fraction of sp³-hybridized carbons (Fsp3) is 0.0714. The van der Waals surface area contributed by atoms with E-state index >= 15 is 0 Å². The van der Waals surface area contributed by atoms with Crippen LogP contribution in [0, 0.1) is 0 Å². The summed E-state index contributed by atoms with van der Waals surface area (Å²) in [6.07, 6.45) is 0. The second-order valence-electron chi connectivity index (χ2n) is 4.34. The molecule has 0 unspecified atom stereocenters. The Balaban J connectivity index is 2.29. The molecule has 0 saturated carbocycles. The molecule has 0 saturated heterocycles. The molecule has 0 heterocycles. The summed E-state index contributed by atoms with van der Waals surface area (Å²) in [6.45, 7) is 0. The standard InChI is InChI=1S/C14H12Cl2N2O3S/c1-17-14(19)9-2-5-11(6-3-9)18-22(20,21)13-8-10(15)4-7-12(13)16/h2-8,18H,1H3,(H,17,19). The van der Waals surface area contributed by atoms with Crippen molar-refractivity contribution < 1.29 is 13.2 Å². The first-order chi connectivity index (χ1) is 10.3. The molecule has 116 valence electrons. The zero-order chi connectivity index (χ0) is 16.3. The van der Waals surface area contributed by atoms with Gasteiger partial charge in [-0.15, -0.1) is 0 Å². The van der Waals surface area contributed by atoms with Crippen molar-refractivity contribution in [3.05, 3.63) is 58.1 Å². The van der Waals surface area contributed by atoms with Gasteiger partial charge in [0, 0.05) is 23.3 Å². The summed E-state index contributed by atoms with van der Waals surface area (Å²) in [5.74, 6) is -0.257. The molecule has 0 spiro atoms. The molecule has 0 aliphatic heterocycles. The van der Waals surface area contributed by atoms with E-state index < -0.39 is 10.0 Å². The Morgan fingerprint density at radius 1 is 1.05 bits per heavy atom. The summed E-state index contributed by atoms with van der Waals surface area (Å²) in [4.78, 5) is 11.3. The molecule has 2 aromatic rings. The molecule has 0 aliphatic rings. The van der Waals surface area contributed by atoms with Gasteiger partial charge in [-0.3, -0.25) is 9.52 Å². The summed E-state index contributed by atoms with van der Waals surface area (Å²) in [7, 11) is -2.36. The van der Waals surface area contributed by atoms with Crippen molar-refractivity contribution in [1.29, 1.82) is 0 Å². The predicted octanol–water partition coefficient (Wildman–Crippen LogP) is 3.15. The third-order valence-corrected chi connectivity index (χ3v) is 4.91. The van der Waals surface area contributed by atoms with Gasteiger partial charge < -0.3 is 5.32 Å². The van der Waals surface area contributed by atoms with Crippen LogP contribution in [0.1, 0.15) is 10.4 Å². The lowest BCUT2D eigenvalue weighted by Crippen LogP contribution is -2.18. The van der Waals surface area contributed by atoms with Crippen LogP contribution in [0.2, 0.25) is 10.0 Å². The minimum absolute atomic E-state index is 0.0684. The number of hydrogen-bond donors (Lipinski definition) is 2. The average molecular weight is 359 g/mol. The molecule has 22 heavy (non-hydrogen) atoms. The van der Waals surface area contributed by atoms with E-state index in [0.717, 1.165) is 0 Å². The molecular weight excluding hydrogens is 347 g/mol. The van der Waals surface area contributed by atoms with Crippen molar-refractivity contribution in [3.63, 3.8) is 0 Å². The Hall–Kier alpha value is -1.76. The second-order valence-corrected chi connectivity index (χ2v) is 6.83. The van der Waals surface area contributed by atoms with E-state index in [-0.39, 0.29) is 20.8 Å². The van der Waals surface area contributed by atoms with E-state index in [1.807, 2.05) is 0 Å². The lowest BCUT2D eigenvalue weighted by Gasteiger charge is -2.10. The van der Waals surface area contributed by atoms with Crippen LogP contribution in [-0.2, 0) is 10.0 Å². The van der Waals surface area contributed by atoms with E-state index in [4.69, 9.17) is 23.2 Å². The summed E-state index contributed by atoms with van der Waals surface area (Å²) >= 11 is 11.7. The fourth-order valence-electron chi connectivity index (χ4n) is 1.73. The Bertz CT molecular complexity index is 805. The number of hydrogen-bond acceptors (Lipinski definition) is 3. The van der Waals surface area contributed by atoms with Crippen LogP contribution in [0.5, 0.6) is 0 Å². The van der Waals surface area contributed by atoms with Crippen molar-refractivity contribution >= 4 is 44.8 Å². The number of benzene rings is 2. The highest BCUT2D eigenvalue weighted by Crippen LogP contribution is 2.26. The summed E-state index contributed by atoms with van der Waals surface area (Å²) in [5.41, 5.74) is 0.731. The van der Waals surface area contributed by atoms with Gasteiger partial charge in [0.1, 0.15) is 4.90 Å². The SMILES string of the molecule is CNC(=O)c1ccc(NS(=O)(=O)c2cc(Cl)ccc2Cl)cc1. The maximum atomic E-state index is 12.3. The van der Waals surface area contributed by atoms with Crippen LogP contribution >= 0.6 is 23.2 Å². The Morgan fingerprint density at radius 2 is 1.68 bits per heavy atom. The molecule has 2 rings (SSSR count). The molecular formula is C14H12Cl2N2O3S. The molecule has 0 aromatic heterocycles. The van der Waals surface area contributed by atoms with Crippen LogP contribution in [0.3, 0.4) is 0 Å². The van der Waals surface area contributed by atoms with Gasteiger partial charge in [0.15, 0.2) is 0 Å². The number of sulfonamides is 1. The third kappa shape index (κ3) is 3.71. The first kappa shape index (κ1) is 16.6. The van der Waals surface area contributed by atoms with Crippen molar-refractivity contribution in [2.75, 3.05) is 11.8 Å². The summed E-state index contributed by atoms with van der Waals surface area (Å²) in [6, 6.07) is 10.2. The monoisotopic (exact) mass is 358 g/mol. The molecule has 0 aliphatic carbocycles. The number of carbonyl (C=O) groups excluding carboxylic acids is 1. The molecule has 0 radical (unpaired) electrons. The zero-order valence-corrected chi connectivity index (χ0v) is 13.8. The van der Waals surface area contributed by atoms with E-state index in [0.29, 0.717) is 11.3 Å². The number of amides is 1. The number of rotatable bonds is 4. The summed E-state index contributed by atoms with van der Waals surface area (Å²) < 4.78 is 27.0. The van der Waals surface area contributed by atoms with Gasteiger partial charge in [0.25, 0.3) is 15.9 Å². The van der Waals surface area contributed by atoms with E-state index in [9.17, 15) is 13.2 Å². The van der Waals surface area contributed by atoms with Gasteiger partial charge in [-0.1, -0.05) is 23.2 Å². The molecule has 8 heteroatoms. The molecule has 5 nitrogen and oxygen atoms in total. The van der Waals surface area contributed by atoms with Crippen molar-refractivity contribution in [2.24, 2.45) is 0 Å². The van der Waals surface area contributed by atoms with Crippen molar-refractivity contribution in [3.8, 4) is 0 Å². The third-order valence-electron chi connectivity index (χ3n) is 2.81. The van der Waals surface area contributed by atoms with E-state index in [1.165, 1.54) is 49.5 Å². The highest BCUT2D eigenvalue weighted by Gasteiger charge is 2.18. The summed E-state index contributed by atoms with van der Waals surface area (Å²) in [5, 5.41) is 2.81. The quantitative estimate of drug-likeness (QED) is 0.881.